The average Bonchev–Trinajstić information content (AvgIpc) is 2.27. The van der Waals surface area contributed by atoms with E-state index in [9.17, 15) is 9.18 Å². The summed E-state index contributed by atoms with van der Waals surface area (Å²) in [5.74, 6) is -0.998. The lowest BCUT2D eigenvalue weighted by Gasteiger charge is -2.13. The Kier molecular flexibility index (Phi) is 4.90. The zero-order chi connectivity index (χ0) is 12.8. The molecule has 0 aliphatic rings. The quantitative estimate of drug-likeness (QED) is 0.788. The van der Waals surface area contributed by atoms with Gasteiger partial charge in [0.05, 0.1) is 7.11 Å². The standard InChI is InChI=1S/C12H16FNO3/c1-8(14)6-9-4-3-5-10(13)12(9)17-7-11(15)16-2/h3-5,8H,6-7,14H2,1-2H3. The predicted molar refractivity (Wildman–Crippen MR) is 61.3 cm³/mol. The Balaban J connectivity index is 2.83. The van der Waals surface area contributed by atoms with Crippen molar-refractivity contribution in [2.45, 2.75) is 19.4 Å². The largest absolute Gasteiger partial charge is 0.479 e. The molecule has 17 heavy (non-hydrogen) atoms. The van der Waals surface area contributed by atoms with Gasteiger partial charge in [0.15, 0.2) is 18.2 Å². The number of hydrogen-bond donors (Lipinski definition) is 1. The van der Waals surface area contributed by atoms with Crippen molar-refractivity contribution in [2.75, 3.05) is 13.7 Å². The second-order valence-corrected chi connectivity index (χ2v) is 3.77. The molecule has 0 heterocycles. The fraction of sp³-hybridized carbons (Fsp3) is 0.417. The number of ether oxygens (including phenoxy) is 2. The van der Waals surface area contributed by atoms with Crippen LogP contribution in [0.2, 0.25) is 0 Å². The summed E-state index contributed by atoms with van der Waals surface area (Å²) >= 11 is 0. The number of rotatable bonds is 5. The fourth-order valence-corrected chi connectivity index (χ4v) is 1.41. The Bertz CT molecular complexity index is 393. The normalized spacial score (nSPS) is 12.0. The highest BCUT2D eigenvalue weighted by molar-refractivity contribution is 5.70. The first-order chi connectivity index (χ1) is 8.04. The van der Waals surface area contributed by atoms with E-state index >= 15 is 0 Å². The van der Waals surface area contributed by atoms with Crippen LogP contribution in [-0.4, -0.2) is 25.7 Å². The number of para-hydroxylation sites is 1. The maximum Gasteiger partial charge on any atom is 0.343 e. The van der Waals surface area contributed by atoms with Gasteiger partial charge in [-0.1, -0.05) is 12.1 Å². The first-order valence-corrected chi connectivity index (χ1v) is 5.27. The number of esters is 1. The highest BCUT2D eigenvalue weighted by Gasteiger charge is 2.13. The van der Waals surface area contributed by atoms with Crippen molar-refractivity contribution in [3.05, 3.63) is 29.6 Å². The van der Waals surface area contributed by atoms with Crippen molar-refractivity contribution >= 4 is 5.97 Å². The Hall–Kier alpha value is -1.62. The first-order valence-electron chi connectivity index (χ1n) is 5.27. The highest BCUT2D eigenvalue weighted by atomic mass is 19.1. The van der Waals surface area contributed by atoms with E-state index in [1.165, 1.54) is 13.2 Å². The molecule has 2 N–H and O–H groups in total. The summed E-state index contributed by atoms with van der Waals surface area (Å²) < 4.78 is 23.1. The number of methoxy groups -OCH3 is 1. The predicted octanol–water partition coefficient (Wildman–Crippen LogP) is 1.27. The third-order valence-electron chi connectivity index (χ3n) is 2.15. The molecule has 94 valence electrons. The lowest BCUT2D eigenvalue weighted by Crippen LogP contribution is -2.19. The van der Waals surface area contributed by atoms with Crippen molar-refractivity contribution < 1.29 is 18.7 Å². The van der Waals surface area contributed by atoms with Gasteiger partial charge >= 0.3 is 5.97 Å². The molecule has 1 atom stereocenters. The molecule has 0 radical (unpaired) electrons. The van der Waals surface area contributed by atoms with Gasteiger partial charge in [-0.25, -0.2) is 9.18 Å². The third kappa shape index (κ3) is 4.03. The van der Waals surface area contributed by atoms with Gasteiger partial charge < -0.3 is 15.2 Å². The minimum atomic E-state index is -0.556. The minimum Gasteiger partial charge on any atom is -0.479 e. The molecule has 0 saturated carbocycles. The van der Waals surface area contributed by atoms with E-state index in [4.69, 9.17) is 10.5 Å². The zero-order valence-corrected chi connectivity index (χ0v) is 9.90. The van der Waals surface area contributed by atoms with Gasteiger partial charge in [-0.05, 0) is 25.0 Å². The molecule has 4 nitrogen and oxygen atoms in total. The summed E-state index contributed by atoms with van der Waals surface area (Å²) in [7, 11) is 1.25. The SMILES string of the molecule is COC(=O)COc1c(F)cccc1CC(C)N. The smallest absolute Gasteiger partial charge is 0.343 e. The van der Waals surface area contributed by atoms with Gasteiger partial charge in [0.1, 0.15) is 0 Å². The van der Waals surface area contributed by atoms with Crippen LogP contribution in [0.15, 0.2) is 18.2 Å². The molecule has 0 fully saturated rings. The number of nitrogens with two attached hydrogens (primary N) is 1. The Morgan fingerprint density at radius 3 is 2.82 bits per heavy atom. The van der Waals surface area contributed by atoms with Crippen LogP contribution in [0, 0.1) is 5.82 Å². The second-order valence-electron chi connectivity index (χ2n) is 3.77. The molecule has 0 aliphatic carbocycles. The monoisotopic (exact) mass is 241 g/mol. The van der Waals surface area contributed by atoms with E-state index in [0.717, 1.165) is 0 Å². The van der Waals surface area contributed by atoms with Crippen LogP contribution < -0.4 is 10.5 Å². The van der Waals surface area contributed by atoms with Crippen LogP contribution in [-0.2, 0) is 16.0 Å². The molecule has 0 bridgehead atoms. The summed E-state index contributed by atoms with van der Waals surface area (Å²) in [6, 6.07) is 4.46. The number of benzene rings is 1. The first kappa shape index (κ1) is 13.4. The molecule has 5 heteroatoms. The number of hydrogen-bond acceptors (Lipinski definition) is 4. The van der Waals surface area contributed by atoms with Crippen molar-refractivity contribution in [2.24, 2.45) is 5.73 Å². The summed E-state index contributed by atoms with van der Waals surface area (Å²) in [4.78, 5) is 10.9. The molecule has 1 unspecified atom stereocenters. The molecule has 0 spiro atoms. The van der Waals surface area contributed by atoms with E-state index in [1.807, 2.05) is 6.92 Å². The summed E-state index contributed by atoms with van der Waals surface area (Å²) in [5.41, 5.74) is 6.30. The lowest BCUT2D eigenvalue weighted by molar-refractivity contribution is -0.142. The van der Waals surface area contributed by atoms with E-state index in [-0.39, 0.29) is 18.4 Å². The van der Waals surface area contributed by atoms with Crippen LogP contribution in [0.4, 0.5) is 4.39 Å². The maximum absolute atomic E-state index is 13.5. The van der Waals surface area contributed by atoms with Crippen LogP contribution in [0.1, 0.15) is 12.5 Å². The van der Waals surface area contributed by atoms with Crippen LogP contribution in [0.5, 0.6) is 5.75 Å². The van der Waals surface area contributed by atoms with Crippen LogP contribution in [0.3, 0.4) is 0 Å². The summed E-state index contributed by atoms with van der Waals surface area (Å²) in [6.45, 7) is 1.50. The molecule has 0 aliphatic heterocycles. The zero-order valence-electron chi connectivity index (χ0n) is 9.90. The molecule has 0 saturated heterocycles. The van der Waals surface area contributed by atoms with Gasteiger partial charge in [-0.3, -0.25) is 0 Å². The number of halogens is 1. The second kappa shape index (κ2) is 6.20. The Morgan fingerprint density at radius 2 is 2.24 bits per heavy atom. The summed E-state index contributed by atoms with van der Waals surface area (Å²) in [6.07, 6.45) is 0.480. The Morgan fingerprint density at radius 1 is 1.53 bits per heavy atom. The topological polar surface area (TPSA) is 61.5 Å². The van der Waals surface area contributed by atoms with Gasteiger partial charge in [0.2, 0.25) is 0 Å². The van der Waals surface area contributed by atoms with Crippen molar-refractivity contribution in [3.63, 3.8) is 0 Å². The van der Waals surface area contributed by atoms with Gasteiger partial charge in [-0.2, -0.15) is 0 Å². The van der Waals surface area contributed by atoms with E-state index in [1.54, 1.807) is 12.1 Å². The van der Waals surface area contributed by atoms with Gasteiger partial charge in [0, 0.05) is 6.04 Å². The number of carbonyl (C=O) groups is 1. The van der Waals surface area contributed by atoms with E-state index < -0.39 is 11.8 Å². The van der Waals surface area contributed by atoms with Crippen LogP contribution >= 0.6 is 0 Å². The van der Waals surface area contributed by atoms with Gasteiger partial charge in [-0.15, -0.1) is 0 Å². The fourth-order valence-electron chi connectivity index (χ4n) is 1.41. The molecular formula is C12H16FNO3. The van der Waals surface area contributed by atoms with Crippen LogP contribution in [0.25, 0.3) is 0 Å². The molecule has 0 aromatic heterocycles. The van der Waals surface area contributed by atoms with Crippen molar-refractivity contribution in [3.8, 4) is 5.75 Å². The average molecular weight is 241 g/mol. The van der Waals surface area contributed by atoms with Gasteiger partial charge in [0.25, 0.3) is 0 Å². The molecule has 1 aromatic carbocycles. The summed E-state index contributed by atoms with van der Waals surface area (Å²) in [5, 5.41) is 0. The minimum absolute atomic E-state index is 0.0650. The molecule has 1 rings (SSSR count). The Labute approximate surface area is 99.5 Å². The van der Waals surface area contributed by atoms with Crippen molar-refractivity contribution in [1.82, 2.24) is 0 Å². The molecule has 1 aromatic rings. The van der Waals surface area contributed by atoms with E-state index in [0.29, 0.717) is 12.0 Å². The van der Waals surface area contributed by atoms with E-state index in [2.05, 4.69) is 4.74 Å². The van der Waals surface area contributed by atoms with Crippen molar-refractivity contribution in [1.29, 1.82) is 0 Å². The molecular weight excluding hydrogens is 225 g/mol. The number of carbonyl (C=O) groups excluding carboxylic acids is 1. The lowest BCUT2D eigenvalue weighted by atomic mass is 10.1. The third-order valence-corrected chi connectivity index (χ3v) is 2.15. The highest BCUT2D eigenvalue weighted by Crippen LogP contribution is 2.23. The molecule has 0 amide bonds. The maximum atomic E-state index is 13.5.